The number of halogens is 4. The predicted octanol–water partition coefficient (Wildman–Crippen LogP) is 5.98. The molecule has 3 saturated heterocycles. The molecule has 1 aliphatic carbocycles. The van der Waals surface area contributed by atoms with Crippen LogP contribution >= 0.6 is 11.6 Å². The molecule has 4 fully saturated rings. The first-order valence-corrected chi connectivity index (χ1v) is 21.8. The summed E-state index contributed by atoms with van der Waals surface area (Å²) in [7, 11) is 3.23. The minimum atomic E-state index is -3.16. The third-order valence-corrected chi connectivity index (χ3v) is 13.7. The molecule has 0 bridgehead atoms. The predicted molar refractivity (Wildman–Crippen MR) is 227 cm³/mol. The van der Waals surface area contributed by atoms with E-state index in [4.69, 9.17) is 21.3 Å². The number of hydrogen-bond donors (Lipinski definition) is 3. The van der Waals surface area contributed by atoms with Crippen molar-refractivity contribution >= 4 is 68.5 Å². The van der Waals surface area contributed by atoms with E-state index in [1.54, 1.807) is 25.5 Å². The van der Waals surface area contributed by atoms with E-state index in [1.807, 2.05) is 12.1 Å². The Kier molecular flexibility index (Phi) is 10.3. The number of ether oxygens (including phenoxy) is 1. The van der Waals surface area contributed by atoms with Crippen molar-refractivity contribution in [2.75, 3.05) is 54.9 Å². The van der Waals surface area contributed by atoms with Crippen LogP contribution in [0.1, 0.15) is 74.5 Å². The minimum absolute atomic E-state index is 0.0729. The van der Waals surface area contributed by atoms with Crippen LogP contribution in [-0.2, 0) is 23.7 Å². The molecule has 0 spiro atoms. The van der Waals surface area contributed by atoms with Crippen molar-refractivity contribution in [1.29, 1.82) is 0 Å². The largest absolute Gasteiger partial charge is 0.480 e. The number of piperidine rings is 3. The van der Waals surface area contributed by atoms with Gasteiger partial charge in [0.15, 0.2) is 18.2 Å². The molecule has 4 aromatic heterocycles. The number of fused-ring (bicyclic) bond motifs is 4. The van der Waals surface area contributed by atoms with Gasteiger partial charge in [-0.15, -0.1) is 0 Å². The standard InChI is InChI=1S/C43H47ClF3N11O4/c1-55-39-29(34-36(41(55)61)62-21-43(46,47)37(52-34)24-3-4-24)17-25(18-48-39)50-38-30(44)19-49-42(53-38)58-15-9-22(10-16-58)20-57-13-11-23(12-14-57)26-5-6-27-33(54-56(2)35(27)32(26)45)28-7-8-31(59)51-40(28)60/h5-6,17-19,22-24,28,37,52H,3-4,7-16,20-21H2,1-2H3,(H,49,50,53)(H,51,59,60). The maximum absolute atomic E-state index is 16.2. The molecule has 2 amide bonds. The molecule has 1 aromatic carbocycles. The van der Waals surface area contributed by atoms with Crippen LogP contribution in [0.2, 0.25) is 5.02 Å². The van der Waals surface area contributed by atoms with Gasteiger partial charge >= 0.3 is 5.92 Å². The molecule has 62 heavy (non-hydrogen) atoms. The van der Waals surface area contributed by atoms with Gasteiger partial charge in [-0.25, -0.2) is 23.1 Å². The van der Waals surface area contributed by atoms with Crippen LogP contribution in [0.5, 0.6) is 5.75 Å². The summed E-state index contributed by atoms with van der Waals surface area (Å²) in [5.74, 6) is -3.64. The van der Waals surface area contributed by atoms with Crippen molar-refractivity contribution in [3.63, 3.8) is 0 Å². The fourth-order valence-corrected chi connectivity index (χ4v) is 10.0. The highest BCUT2D eigenvalue weighted by molar-refractivity contribution is 6.33. The van der Waals surface area contributed by atoms with Gasteiger partial charge in [0.1, 0.15) is 16.2 Å². The highest BCUT2D eigenvalue weighted by Crippen LogP contribution is 2.46. The summed E-state index contributed by atoms with van der Waals surface area (Å²) in [5, 5.41) is 14.5. The Hall–Kier alpha value is -5.49. The Morgan fingerprint density at radius 1 is 0.968 bits per heavy atom. The Labute approximate surface area is 359 Å². The molecular formula is C43H47ClF3N11O4. The van der Waals surface area contributed by atoms with Crippen molar-refractivity contribution in [3.05, 3.63) is 63.0 Å². The Morgan fingerprint density at radius 3 is 2.48 bits per heavy atom. The molecule has 5 aliphatic rings. The van der Waals surface area contributed by atoms with Gasteiger partial charge in [-0.05, 0) is 87.4 Å². The fraction of sp³-hybridized carbons (Fsp3) is 0.512. The van der Waals surface area contributed by atoms with Crippen LogP contribution in [0, 0.1) is 17.7 Å². The second kappa shape index (κ2) is 15.7. The first-order valence-electron chi connectivity index (χ1n) is 21.4. The molecule has 3 N–H and O–H groups in total. The first-order chi connectivity index (χ1) is 29.8. The number of rotatable bonds is 8. The summed E-state index contributed by atoms with van der Waals surface area (Å²) in [6, 6.07) is 4.30. The lowest BCUT2D eigenvalue weighted by molar-refractivity contribution is -0.134. The number of carbonyl (C=O) groups is 2. The van der Waals surface area contributed by atoms with Crippen LogP contribution < -0.4 is 31.1 Å². The molecule has 1 saturated carbocycles. The monoisotopic (exact) mass is 873 g/mol. The summed E-state index contributed by atoms with van der Waals surface area (Å²) in [4.78, 5) is 56.0. The van der Waals surface area contributed by atoms with Crippen LogP contribution in [0.15, 0.2) is 35.4 Å². The van der Waals surface area contributed by atoms with Gasteiger partial charge in [-0.3, -0.25) is 28.9 Å². The molecule has 0 radical (unpaired) electrons. The first kappa shape index (κ1) is 40.6. The van der Waals surface area contributed by atoms with Gasteiger partial charge < -0.3 is 25.2 Å². The Morgan fingerprint density at radius 2 is 1.74 bits per heavy atom. The maximum Gasteiger partial charge on any atom is 0.301 e. The van der Waals surface area contributed by atoms with E-state index < -0.39 is 30.0 Å². The fourth-order valence-electron chi connectivity index (χ4n) is 9.88. The number of hydrogen-bond acceptors (Lipinski definition) is 12. The van der Waals surface area contributed by atoms with E-state index in [2.05, 4.69) is 40.8 Å². The summed E-state index contributed by atoms with van der Waals surface area (Å²) < 4.78 is 54.8. The quantitative estimate of drug-likeness (QED) is 0.157. The highest BCUT2D eigenvalue weighted by Gasteiger charge is 2.51. The zero-order valence-electron chi connectivity index (χ0n) is 34.4. The zero-order chi connectivity index (χ0) is 43.0. The number of aromatic nitrogens is 6. The van der Waals surface area contributed by atoms with Crippen LogP contribution in [0.25, 0.3) is 21.9 Å². The van der Waals surface area contributed by atoms with Gasteiger partial charge in [-0.1, -0.05) is 23.7 Å². The molecule has 8 heterocycles. The average Bonchev–Trinajstić information content (AvgIpc) is 4.06. The number of aryl methyl sites for hydroxylation is 2. The van der Waals surface area contributed by atoms with Gasteiger partial charge in [0.2, 0.25) is 23.5 Å². The molecule has 4 aliphatic heterocycles. The van der Waals surface area contributed by atoms with Gasteiger partial charge in [0.05, 0.1) is 41.4 Å². The summed E-state index contributed by atoms with van der Waals surface area (Å²) >= 11 is 6.60. The van der Waals surface area contributed by atoms with E-state index in [0.717, 1.165) is 58.4 Å². The number of pyridine rings is 2. The van der Waals surface area contributed by atoms with Crippen molar-refractivity contribution in [2.24, 2.45) is 25.9 Å². The zero-order valence-corrected chi connectivity index (χ0v) is 35.2. The number of alkyl halides is 2. The topological polar surface area (TPSA) is 164 Å². The van der Waals surface area contributed by atoms with E-state index >= 15 is 13.2 Å². The van der Waals surface area contributed by atoms with Crippen molar-refractivity contribution in [3.8, 4) is 5.75 Å². The molecule has 10 rings (SSSR count). The van der Waals surface area contributed by atoms with Crippen LogP contribution in [0.4, 0.5) is 36.3 Å². The minimum Gasteiger partial charge on any atom is -0.480 e. The summed E-state index contributed by atoms with van der Waals surface area (Å²) in [5.41, 5.74) is 2.05. The van der Waals surface area contributed by atoms with Gasteiger partial charge in [0, 0.05) is 50.9 Å². The second-order valence-electron chi connectivity index (χ2n) is 17.5. The molecule has 15 nitrogen and oxygen atoms in total. The van der Waals surface area contributed by atoms with Crippen LogP contribution in [0.3, 0.4) is 0 Å². The lowest BCUT2D eigenvalue weighted by Gasteiger charge is -2.38. The number of benzene rings is 1. The molecular weight excluding hydrogens is 827 g/mol. The number of likely N-dealkylation sites (tertiary alicyclic amines) is 1. The third-order valence-electron chi connectivity index (χ3n) is 13.4. The van der Waals surface area contributed by atoms with E-state index in [0.29, 0.717) is 80.9 Å². The van der Waals surface area contributed by atoms with Gasteiger partial charge in [0.25, 0.3) is 5.56 Å². The third kappa shape index (κ3) is 7.37. The number of nitrogens with zero attached hydrogens (tertiary/aromatic N) is 8. The average molecular weight is 874 g/mol. The molecule has 2 atom stereocenters. The number of anilines is 4. The SMILES string of the molecule is Cn1nc(C2CCC(=O)NC2=O)c2ccc(C3CCN(CC4CCN(c5ncc(Cl)c(Nc6cnc7c(c6)c6c(c(=O)n7C)OCC(F)(F)C(C7CC7)N6)n5)CC4)CC3)c(F)c21. The Balaban J connectivity index is 0.770. The molecule has 326 valence electrons. The number of carbonyl (C=O) groups excluding carboxylic acids is 2. The number of imide groups is 1. The molecule has 19 heteroatoms. The lowest BCUT2D eigenvalue weighted by Crippen LogP contribution is -2.44. The summed E-state index contributed by atoms with van der Waals surface area (Å²) in [6.07, 6.45) is 8.61. The Bertz CT molecular complexity index is 2670. The van der Waals surface area contributed by atoms with Crippen molar-refractivity contribution in [2.45, 2.75) is 75.2 Å². The van der Waals surface area contributed by atoms with E-state index in [1.165, 1.54) is 16.3 Å². The highest BCUT2D eigenvalue weighted by atomic mass is 35.5. The molecule has 2 unspecified atom stereocenters. The smallest absolute Gasteiger partial charge is 0.301 e. The van der Waals surface area contributed by atoms with Crippen LogP contribution in [-0.4, -0.2) is 97.3 Å². The van der Waals surface area contributed by atoms with Crippen molar-refractivity contribution < 1.29 is 27.5 Å². The summed E-state index contributed by atoms with van der Waals surface area (Å²) in [6.45, 7) is 3.32. The lowest BCUT2D eigenvalue weighted by atomic mass is 9.86. The molecule has 5 aromatic rings. The second-order valence-corrected chi connectivity index (χ2v) is 18.0. The van der Waals surface area contributed by atoms with E-state index in [9.17, 15) is 14.4 Å². The maximum atomic E-state index is 16.2. The number of amides is 2. The number of nitrogens with one attached hydrogen (secondary N) is 3. The van der Waals surface area contributed by atoms with Crippen molar-refractivity contribution in [1.82, 2.24) is 39.5 Å². The van der Waals surface area contributed by atoms with E-state index in [-0.39, 0.29) is 47.3 Å². The normalized spacial score (nSPS) is 22.6. The van der Waals surface area contributed by atoms with Gasteiger partial charge in [-0.2, -0.15) is 10.1 Å².